The van der Waals surface area contributed by atoms with Crippen LogP contribution in [0.1, 0.15) is 11.3 Å². The summed E-state index contributed by atoms with van der Waals surface area (Å²) in [5.74, 6) is 0. The predicted octanol–water partition coefficient (Wildman–Crippen LogP) is 2.27. The van der Waals surface area contributed by atoms with Gasteiger partial charge in [-0.3, -0.25) is 4.40 Å². The number of aromatic nitrogens is 4. The topological polar surface area (TPSA) is 69.1 Å². The Bertz CT molecular complexity index is 777. The van der Waals surface area contributed by atoms with E-state index in [0.29, 0.717) is 22.6 Å². The summed E-state index contributed by atoms with van der Waals surface area (Å²) in [6, 6.07) is 4.75. The van der Waals surface area contributed by atoms with Gasteiger partial charge in [0.05, 0.1) is 11.3 Å². The van der Waals surface area contributed by atoms with Crippen LogP contribution in [0.2, 0.25) is 0 Å². The Morgan fingerprint density at radius 2 is 1.86 bits per heavy atom. The van der Waals surface area contributed by atoms with Crippen molar-refractivity contribution >= 4 is 5.65 Å². The van der Waals surface area contributed by atoms with Gasteiger partial charge in [-0.15, -0.1) is 10.2 Å². The maximum Gasteiger partial charge on any atom is 0.416 e. The van der Waals surface area contributed by atoms with Gasteiger partial charge in [0, 0.05) is 18.3 Å². The van der Waals surface area contributed by atoms with E-state index in [1.807, 2.05) is 0 Å². The molecule has 0 aliphatic rings. The average Bonchev–Trinajstić information content (AvgIpc) is 2.93. The average molecular weight is 293 g/mol. The van der Waals surface area contributed by atoms with Gasteiger partial charge in [0.15, 0.2) is 5.65 Å². The van der Waals surface area contributed by atoms with Crippen molar-refractivity contribution in [2.45, 2.75) is 12.7 Å². The first-order valence-electron chi connectivity index (χ1n) is 6.06. The zero-order valence-electron chi connectivity index (χ0n) is 10.7. The van der Waals surface area contributed by atoms with Crippen LogP contribution in [0.15, 0.2) is 36.8 Å². The molecule has 3 rings (SSSR count). The van der Waals surface area contributed by atoms with Gasteiger partial charge in [-0.25, -0.2) is 4.98 Å². The molecular weight excluding hydrogens is 283 g/mol. The zero-order valence-corrected chi connectivity index (χ0v) is 10.7. The standard InChI is InChI=1S/C13H10F3N5/c14-13(15,16)9-3-1-8(2-4-9)11-12-20-18-7-21(12)6-10(5-17)19-11/h1-4,6-7H,5,17H2. The van der Waals surface area contributed by atoms with Crippen molar-refractivity contribution in [2.24, 2.45) is 5.73 Å². The Morgan fingerprint density at radius 1 is 1.14 bits per heavy atom. The lowest BCUT2D eigenvalue weighted by atomic mass is 10.1. The molecule has 5 nitrogen and oxygen atoms in total. The van der Waals surface area contributed by atoms with E-state index in [9.17, 15) is 13.2 Å². The van der Waals surface area contributed by atoms with Gasteiger partial charge in [0.25, 0.3) is 0 Å². The van der Waals surface area contributed by atoms with Gasteiger partial charge in [-0.05, 0) is 12.1 Å². The van der Waals surface area contributed by atoms with E-state index in [1.54, 1.807) is 10.6 Å². The van der Waals surface area contributed by atoms with Crippen LogP contribution in [0.3, 0.4) is 0 Å². The van der Waals surface area contributed by atoms with Crippen LogP contribution in [0.25, 0.3) is 16.9 Å². The highest BCUT2D eigenvalue weighted by atomic mass is 19.4. The van der Waals surface area contributed by atoms with Crippen LogP contribution < -0.4 is 5.73 Å². The number of alkyl halides is 3. The number of rotatable bonds is 2. The molecule has 0 atom stereocenters. The van der Waals surface area contributed by atoms with Crippen LogP contribution in [-0.2, 0) is 12.7 Å². The fraction of sp³-hybridized carbons (Fsp3) is 0.154. The molecule has 0 aliphatic carbocycles. The fourth-order valence-electron chi connectivity index (χ4n) is 2.00. The number of nitrogens with zero attached hydrogens (tertiary/aromatic N) is 4. The molecule has 0 bridgehead atoms. The van der Waals surface area contributed by atoms with Crippen LogP contribution in [0.5, 0.6) is 0 Å². The fourth-order valence-corrected chi connectivity index (χ4v) is 2.00. The molecule has 2 N–H and O–H groups in total. The summed E-state index contributed by atoms with van der Waals surface area (Å²) in [5, 5.41) is 7.70. The molecule has 0 amide bonds. The maximum atomic E-state index is 12.6. The largest absolute Gasteiger partial charge is 0.416 e. The van der Waals surface area contributed by atoms with Gasteiger partial charge in [0.1, 0.15) is 12.0 Å². The van der Waals surface area contributed by atoms with Gasteiger partial charge < -0.3 is 5.73 Å². The van der Waals surface area contributed by atoms with Crippen molar-refractivity contribution < 1.29 is 13.2 Å². The van der Waals surface area contributed by atoms with Gasteiger partial charge in [-0.2, -0.15) is 13.2 Å². The third-order valence-corrected chi connectivity index (χ3v) is 3.02. The van der Waals surface area contributed by atoms with Gasteiger partial charge in [0.2, 0.25) is 0 Å². The Hall–Kier alpha value is -2.48. The lowest BCUT2D eigenvalue weighted by Crippen LogP contribution is -2.05. The molecule has 0 spiro atoms. The second-order valence-electron chi connectivity index (χ2n) is 4.42. The highest BCUT2D eigenvalue weighted by Crippen LogP contribution is 2.31. The lowest BCUT2D eigenvalue weighted by Gasteiger charge is -2.09. The zero-order chi connectivity index (χ0) is 15.0. The molecule has 0 aliphatic heterocycles. The van der Waals surface area contributed by atoms with Crippen molar-refractivity contribution in [3.05, 3.63) is 48.0 Å². The van der Waals surface area contributed by atoms with E-state index in [-0.39, 0.29) is 6.54 Å². The normalized spacial score (nSPS) is 12.0. The van der Waals surface area contributed by atoms with Gasteiger partial charge in [-0.1, -0.05) is 12.1 Å². The smallest absolute Gasteiger partial charge is 0.325 e. The molecule has 3 aromatic rings. The molecule has 0 saturated carbocycles. The predicted molar refractivity (Wildman–Crippen MR) is 69.1 cm³/mol. The molecule has 2 heterocycles. The Balaban J connectivity index is 2.13. The van der Waals surface area contributed by atoms with Crippen LogP contribution in [-0.4, -0.2) is 19.6 Å². The van der Waals surface area contributed by atoms with Crippen molar-refractivity contribution in [1.29, 1.82) is 0 Å². The summed E-state index contributed by atoms with van der Waals surface area (Å²) in [6.07, 6.45) is -1.19. The number of halogens is 3. The second kappa shape index (κ2) is 4.81. The summed E-state index contributed by atoms with van der Waals surface area (Å²) in [6.45, 7) is 0.210. The molecule has 21 heavy (non-hydrogen) atoms. The SMILES string of the molecule is NCc1cn2cnnc2c(-c2ccc(C(F)(F)F)cc2)n1. The molecular formula is C13H10F3N5. The van der Waals surface area contributed by atoms with E-state index >= 15 is 0 Å². The summed E-state index contributed by atoms with van der Waals surface area (Å²) >= 11 is 0. The summed E-state index contributed by atoms with van der Waals surface area (Å²) in [7, 11) is 0. The first-order chi connectivity index (χ1) is 9.99. The molecule has 0 fully saturated rings. The van der Waals surface area contributed by atoms with Crippen molar-refractivity contribution in [3.63, 3.8) is 0 Å². The molecule has 0 saturated heterocycles. The third-order valence-electron chi connectivity index (χ3n) is 3.02. The number of benzene rings is 1. The molecule has 0 unspecified atom stereocenters. The minimum Gasteiger partial charge on any atom is -0.325 e. The molecule has 0 radical (unpaired) electrons. The highest BCUT2D eigenvalue weighted by Gasteiger charge is 2.30. The van der Waals surface area contributed by atoms with Gasteiger partial charge >= 0.3 is 6.18 Å². The number of fused-ring (bicyclic) bond motifs is 1. The van der Waals surface area contributed by atoms with Crippen molar-refractivity contribution in [1.82, 2.24) is 19.6 Å². The molecule has 1 aromatic carbocycles. The lowest BCUT2D eigenvalue weighted by molar-refractivity contribution is -0.137. The quantitative estimate of drug-likeness (QED) is 0.787. The molecule has 108 valence electrons. The van der Waals surface area contributed by atoms with Crippen molar-refractivity contribution in [2.75, 3.05) is 0 Å². The summed E-state index contributed by atoms with van der Waals surface area (Å²) < 4.78 is 39.4. The maximum absolute atomic E-state index is 12.6. The van der Waals surface area contributed by atoms with Crippen LogP contribution in [0.4, 0.5) is 13.2 Å². The Morgan fingerprint density at radius 3 is 2.48 bits per heavy atom. The van der Waals surface area contributed by atoms with E-state index in [1.165, 1.54) is 18.5 Å². The number of hydrogen-bond donors (Lipinski definition) is 1. The van der Waals surface area contributed by atoms with Crippen LogP contribution >= 0.6 is 0 Å². The van der Waals surface area contributed by atoms with E-state index in [4.69, 9.17) is 5.73 Å². The second-order valence-corrected chi connectivity index (χ2v) is 4.42. The first-order valence-corrected chi connectivity index (χ1v) is 6.06. The Labute approximate surface area is 117 Å². The minimum atomic E-state index is -4.37. The van der Waals surface area contributed by atoms with E-state index < -0.39 is 11.7 Å². The minimum absolute atomic E-state index is 0.210. The van der Waals surface area contributed by atoms with Crippen LogP contribution in [0, 0.1) is 0 Å². The van der Waals surface area contributed by atoms with E-state index in [0.717, 1.165) is 12.1 Å². The third kappa shape index (κ3) is 2.45. The molecule has 2 aromatic heterocycles. The number of nitrogens with two attached hydrogens (primary N) is 1. The molecule has 8 heteroatoms. The summed E-state index contributed by atoms with van der Waals surface area (Å²) in [4.78, 5) is 4.32. The summed E-state index contributed by atoms with van der Waals surface area (Å²) in [5.41, 5.74) is 6.89. The monoisotopic (exact) mass is 293 g/mol. The number of hydrogen-bond acceptors (Lipinski definition) is 4. The highest BCUT2D eigenvalue weighted by molar-refractivity contribution is 5.73. The van der Waals surface area contributed by atoms with E-state index in [2.05, 4.69) is 15.2 Å². The first kappa shape index (κ1) is 13.5. The Kier molecular flexibility index (Phi) is 3.09. The van der Waals surface area contributed by atoms with Crippen molar-refractivity contribution in [3.8, 4) is 11.3 Å².